The summed E-state index contributed by atoms with van der Waals surface area (Å²) in [6.45, 7) is 2.04. The molecule has 1 rings (SSSR count). The van der Waals surface area contributed by atoms with Crippen LogP contribution in [0.15, 0.2) is 6.07 Å². The summed E-state index contributed by atoms with van der Waals surface area (Å²) in [7, 11) is 0. The van der Waals surface area contributed by atoms with E-state index in [4.69, 9.17) is 16.3 Å². The molecule has 0 bridgehead atoms. The van der Waals surface area contributed by atoms with E-state index in [0.717, 1.165) is 11.3 Å². The quantitative estimate of drug-likeness (QED) is 0.735. The van der Waals surface area contributed by atoms with Gasteiger partial charge in [0.2, 0.25) is 0 Å². The van der Waals surface area contributed by atoms with Crippen molar-refractivity contribution in [3.63, 3.8) is 0 Å². The molecule has 1 aromatic rings. The van der Waals surface area contributed by atoms with Crippen molar-refractivity contribution in [2.45, 2.75) is 13.3 Å². The van der Waals surface area contributed by atoms with Crippen LogP contribution < -0.4 is 0 Å². The lowest BCUT2D eigenvalue weighted by Gasteiger charge is -1.98. The molecule has 0 unspecified atom stereocenters. The van der Waals surface area contributed by atoms with E-state index in [-0.39, 0.29) is 22.5 Å². The predicted molar refractivity (Wildman–Crippen MR) is 49.6 cm³/mol. The number of carbonyl (C=O) groups excluding carboxylic acids is 1. The molecule has 0 atom stereocenters. The smallest absolute Gasteiger partial charge is 0.311 e. The van der Waals surface area contributed by atoms with Crippen molar-refractivity contribution in [1.29, 1.82) is 0 Å². The Morgan fingerprint density at radius 3 is 2.92 bits per heavy atom. The molecule has 0 aliphatic heterocycles. The second-order valence-electron chi connectivity index (χ2n) is 2.30. The molecular weight excluding hydrogens is 215 g/mol. The van der Waals surface area contributed by atoms with E-state index in [1.807, 2.05) is 0 Å². The van der Waals surface area contributed by atoms with E-state index < -0.39 is 0 Å². The van der Waals surface area contributed by atoms with Gasteiger partial charge < -0.3 is 4.74 Å². The van der Waals surface area contributed by atoms with Gasteiger partial charge in [-0.15, -0.1) is 11.3 Å². The lowest BCUT2D eigenvalue weighted by molar-refractivity contribution is -0.142. The monoisotopic (exact) mass is 222 g/mol. The third-order valence-corrected chi connectivity index (χ3v) is 2.71. The van der Waals surface area contributed by atoms with Crippen LogP contribution in [0.5, 0.6) is 0 Å². The van der Waals surface area contributed by atoms with Crippen molar-refractivity contribution in [3.8, 4) is 0 Å². The minimum atomic E-state index is -0.385. The molecule has 0 aromatic carbocycles. The van der Waals surface area contributed by atoms with E-state index in [1.54, 1.807) is 6.92 Å². The van der Waals surface area contributed by atoms with Gasteiger partial charge in [-0.1, -0.05) is 11.6 Å². The number of esters is 1. The highest BCUT2D eigenvalue weighted by Gasteiger charge is 2.11. The lowest BCUT2D eigenvalue weighted by Crippen LogP contribution is -2.06. The van der Waals surface area contributed by atoms with E-state index in [0.29, 0.717) is 11.5 Å². The molecule has 1 aromatic heterocycles. The second-order valence-corrected chi connectivity index (χ2v) is 3.80. The highest BCUT2D eigenvalue weighted by atomic mass is 35.5. The molecular formula is C8H8ClFO2S. The van der Waals surface area contributed by atoms with E-state index in [2.05, 4.69) is 0 Å². The fourth-order valence-electron chi connectivity index (χ4n) is 0.840. The van der Waals surface area contributed by atoms with Crippen molar-refractivity contribution in [1.82, 2.24) is 0 Å². The molecule has 0 aliphatic rings. The van der Waals surface area contributed by atoms with Crippen molar-refractivity contribution in [3.05, 3.63) is 21.1 Å². The highest BCUT2D eigenvalue weighted by Crippen LogP contribution is 2.26. The van der Waals surface area contributed by atoms with Crippen LogP contribution in [0, 0.1) is 5.13 Å². The van der Waals surface area contributed by atoms with Crippen LogP contribution in [-0.4, -0.2) is 12.6 Å². The van der Waals surface area contributed by atoms with Gasteiger partial charge in [-0.2, -0.15) is 4.39 Å². The summed E-state index contributed by atoms with van der Waals surface area (Å²) in [5.41, 5.74) is 0. The Kier molecular flexibility index (Phi) is 3.69. The molecule has 0 fully saturated rings. The Hall–Kier alpha value is -0.610. The first-order chi connectivity index (χ1) is 6.13. The van der Waals surface area contributed by atoms with Gasteiger partial charge in [0.05, 0.1) is 18.1 Å². The summed E-state index contributed by atoms with van der Waals surface area (Å²) in [5, 5.41) is -0.0974. The Bertz CT molecular complexity index is 311. The molecule has 72 valence electrons. The van der Waals surface area contributed by atoms with Crippen molar-refractivity contribution >= 4 is 28.9 Å². The molecule has 0 aliphatic carbocycles. The molecule has 1 heterocycles. The van der Waals surface area contributed by atoms with Crippen molar-refractivity contribution < 1.29 is 13.9 Å². The van der Waals surface area contributed by atoms with E-state index >= 15 is 0 Å². The van der Waals surface area contributed by atoms with E-state index in [9.17, 15) is 9.18 Å². The Balaban J connectivity index is 2.63. The van der Waals surface area contributed by atoms with Crippen LogP contribution >= 0.6 is 22.9 Å². The summed E-state index contributed by atoms with van der Waals surface area (Å²) in [6, 6.07) is 1.20. The van der Waals surface area contributed by atoms with Crippen LogP contribution in [0.2, 0.25) is 5.02 Å². The molecule has 5 heteroatoms. The number of carbonyl (C=O) groups is 1. The number of ether oxygens (including phenoxy) is 1. The molecule has 0 saturated heterocycles. The van der Waals surface area contributed by atoms with Gasteiger partial charge in [0, 0.05) is 10.9 Å². The van der Waals surface area contributed by atoms with Gasteiger partial charge in [-0.3, -0.25) is 4.79 Å². The number of halogens is 2. The summed E-state index contributed by atoms with van der Waals surface area (Å²) in [4.78, 5) is 11.5. The fourth-order valence-corrected chi connectivity index (χ4v) is 1.94. The van der Waals surface area contributed by atoms with E-state index in [1.165, 1.54) is 6.07 Å². The van der Waals surface area contributed by atoms with Gasteiger partial charge in [0.1, 0.15) is 0 Å². The highest BCUT2D eigenvalue weighted by molar-refractivity contribution is 7.11. The maximum Gasteiger partial charge on any atom is 0.311 e. The third-order valence-electron chi connectivity index (χ3n) is 1.34. The normalized spacial score (nSPS) is 10.1. The predicted octanol–water partition coefficient (Wildman–Crippen LogP) is 2.65. The number of rotatable bonds is 3. The van der Waals surface area contributed by atoms with Gasteiger partial charge in [-0.05, 0) is 6.92 Å². The zero-order valence-corrected chi connectivity index (χ0v) is 8.54. The number of thiophene rings is 1. The summed E-state index contributed by atoms with van der Waals surface area (Å²) in [6.07, 6.45) is 0.0429. The largest absolute Gasteiger partial charge is 0.466 e. The van der Waals surface area contributed by atoms with Gasteiger partial charge in [0.25, 0.3) is 0 Å². The average molecular weight is 223 g/mol. The van der Waals surface area contributed by atoms with Crippen LogP contribution in [0.3, 0.4) is 0 Å². The Morgan fingerprint density at radius 2 is 2.46 bits per heavy atom. The maximum absolute atomic E-state index is 12.6. The van der Waals surface area contributed by atoms with Crippen LogP contribution in [-0.2, 0) is 16.0 Å². The lowest BCUT2D eigenvalue weighted by atomic mass is 10.3. The van der Waals surface area contributed by atoms with Gasteiger partial charge in [0.15, 0.2) is 5.13 Å². The molecule has 0 radical (unpaired) electrons. The second kappa shape index (κ2) is 4.58. The molecule has 0 saturated carbocycles. The minimum absolute atomic E-state index is 0.0429. The molecule has 0 spiro atoms. The zero-order valence-electron chi connectivity index (χ0n) is 6.97. The number of hydrogen-bond donors (Lipinski definition) is 0. The van der Waals surface area contributed by atoms with Crippen LogP contribution in [0.1, 0.15) is 11.8 Å². The topological polar surface area (TPSA) is 26.3 Å². The van der Waals surface area contributed by atoms with Crippen LogP contribution in [0.25, 0.3) is 0 Å². The van der Waals surface area contributed by atoms with Crippen molar-refractivity contribution in [2.24, 2.45) is 0 Å². The summed E-state index contributed by atoms with van der Waals surface area (Å²) >= 11 is 6.52. The average Bonchev–Trinajstić information content (AvgIpc) is 2.30. The maximum atomic E-state index is 12.6. The Labute approximate surface area is 84.3 Å². The Morgan fingerprint density at radius 1 is 1.77 bits per heavy atom. The van der Waals surface area contributed by atoms with Crippen LogP contribution in [0.4, 0.5) is 4.39 Å². The SMILES string of the molecule is CCOC(=O)Cc1sc(F)cc1Cl. The summed E-state index contributed by atoms with van der Waals surface area (Å²) in [5.74, 6) is -0.383. The van der Waals surface area contributed by atoms with Gasteiger partial charge >= 0.3 is 5.97 Å². The fraction of sp³-hybridized carbons (Fsp3) is 0.375. The molecule has 13 heavy (non-hydrogen) atoms. The standard InChI is InChI=1S/C8H8ClFO2S/c1-2-12-8(11)4-6-5(9)3-7(10)13-6/h3H,2,4H2,1H3. The van der Waals surface area contributed by atoms with Crippen molar-refractivity contribution in [2.75, 3.05) is 6.61 Å². The molecule has 0 N–H and O–H groups in total. The summed E-state index contributed by atoms with van der Waals surface area (Å²) < 4.78 is 17.3. The molecule has 0 amide bonds. The minimum Gasteiger partial charge on any atom is -0.466 e. The van der Waals surface area contributed by atoms with Gasteiger partial charge in [-0.25, -0.2) is 0 Å². The first kappa shape index (κ1) is 10.5. The number of hydrogen-bond acceptors (Lipinski definition) is 3. The first-order valence-corrected chi connectivity index (χ1v) is 4.92. The molecule has 2 nitrogen and oxygen atoms in total. The third kappa shape index (κ3) is 2.97. The zero-order chi connectivity index (χ0) is 9.84. The first-order valence-electron chi connectivity index (χ1n) is 3.72.